The highest BCUT2D eigenvalue weighted by molar-refractivity contribution is 6.09. The Bertz CT molecular complexity index is 677. The lowest BCUT2D eigenvalue weighted by Crippen LogP contribution is -2.43. The van der Waals surface area contributed by atoms with Gasteiger partial charge in [0.05, 0.1) is 12.1 Å². The summed E-state index contributed by atoms with van der Waals surface area (Å²) in [6, 6.07) is 2.33. The third kappa shape index (κ3) is 2.83. The van der Waals surface area contributed by atoms with Gasteiger partial charge in [0.2, 0.25) is 0 Å². The molecule has 1 aliphatic rings. The van der Waals surface area contributed by atoms with Crippen molar-refractivity contribution in [3.63, 3.8) is 0 Å². The van der Waals surface area contributed by atoms with Crippen LogP contribution in [-0.2, 0) is 15.1 Å². The molecular weight excluding hydrogens is 306 g/mol. The normalized spacial score (nSPS) is 21.6. The van der Waals surface area contributed by atoms with Crippen molar-refractivity contribution in [1.29, 1.82) is 0 Å². The third-order valence-electron chi connectivity index (χ3n) is 3.88. The van der Waals surface area contributed by atoms with Crippen LogP contribution in [0.25, 0.3) is 0 Å². The number of rotatable bonds is 3. The molecule has 124 valence electrons. The van der Waals surface area contributed by atoms with Gasteiger partial charge in [-0.1, -0.05) is 26.8 Å². The van der Waals surface area contributed by atoms with Gasteiger partial charge in [0, 0.05) is 5.41 Å². The second-order valence-corrected chi connectivity index (χ2v) is 6.72. The number of nitrogens with one attached hydrogen (secondary N) is 1. The Morgan fingerprint density at radius 3 is 2.22 bits per heavy atom. The molecule has 0 radical (unpaired) electrons. The monoisotopic (exact) mass is 324 g/mol. The summed E-state index contributed by atoms with van der Waals surface area (Å²) in [6.07, 6.45) is 0. The molecule has 0 aromatic heterocycles. The van der Waals surface area contributed by atoms with Crippen LogP contribution in [0.1, 0.15) is 33.3 Å². The minimum Gasteiger partial charge on any atom is -0.319 e. The van der Waals surface area contributed by atoms with Crippen LogP contribution in [0.5, 0.6) is 0 Å². The van der Waals surface area contributed by atoms with Crippen molar-refractivity contribution >= 4 is 17.7 Å². The summed E-state index contributed by atoms with van der Waals surface area (Å²) in [5.74, 6) is -3.07. The van der Waals surface area contributed by atoms with Gasteiger partial charge in [-0.2, -0.15) is 0 Å². The molecule has 1 fully saturated rings. The van der Waals surface area contributed by atoms with Crippen LogP contribution in [0.2, 0.25) is 0 Å². The van der Waals surface area contributed by atoms with E-state index < -0.39 is 46.6 Å². The predicted octanol–water partition coefficient (Wildman–Crippen LogP) is 2.35. The van der Waals surface area contributed by atoms with E-state index in [1.54, 1.807) is 20.8 Å². The smallest absolute Gasteiger partial charge is 0.319 e. The first-order chi connectivity index (χ1) is 10.5. The van der Waals surface area contributed by atoms with Gasteiger partial charge in [0.15, 0.2) is 5.78 Å². The highest BCUT2D eigenvalue weighted by atomic mass is 19.1. The molecule has 1 aromatic carbocycles. The Hall–Kier alpha value is -2.31. The molecule has 1 saturated heterocycles. The van der Waals surface area contributed by atoms with E-state index in [1.807, 2.05) is 0 Å². The van der Waals surface area contributed by atoms with Crippen molar-refractivity contribution in [3.05, 3.63) is 35.4 Å². The van der Waals surface area contributed by atoms with Crippen LogP contribution < -0.4 is 5.32 Å². The summed E-state index contributed by atoms with van der Waals surface area (Å²) < 4.78 is 28.0. The Labute approximate surface area is 132 Å². The number of nitrogens with zero attached hydrogens (tertiary/aromatic N) is 1. The summed E-state index contributed by atoms with van der Waals surface area (Å²) in [4.78, 5) is 37.4. The van der Waals surface area contributed by atoms with Crippen molar-refractivity contribution in [2.24, 2.45) is 5.41 Å². The standard InChI is InChI=1S/C16H18F2N2O3/c1-15(2,3)11(21)8-20-13(22)16(4,19-14(20)23)12-9(17)6-5-7-10(12)18/h5-7H,8H2,1-4H3,(H,19,23). The van der Waals surface area contributed by atoms with E-state index in [0.717, 1.165) is 12.1 Å². The molecule has 0 aliphatic carbocycles. The maximum Gasteiger partial charge on any atom is 0.325 e. The average molecular weight is 324 g/mol. The highest BCUT2D eigenvalue weighted by Gasteiger charge is 2.52. The van der Waals surface area contributed by atoms with Gasteiger partial charge in [0.1, 0.15) is 17.2 Å². The van der Waals surface area contributed by atoms with Crippen molar-refractivity contribution in [2.75, 3.05) is 6.54 Å². The van der Waals surface area contributed by atoms with E-state index in [4.69, 9.17) is 0 Å². The molecule has 0 saturated carbocycles. The molecule has 0 spiro atoms. The third-order valence-corrected chi connectivity index (χ3v) is 3.88. The molecule has 2 rings (SSSR count). The van der Waals surface area contributed by atoms with Gasteiger partial charge >= 0.3 is 6.03 Å². The van der Waals surface area contributed by atoms with Crippen molar-refractivity contribution in [3.8, 4) is 0 Å². The van der Waals surface area contributed by atoms with Crippen LogP contribution in [0.3, 0.4) is 0 Å². The van der Waals surface area contributed by atoms with Crippen LogP contribution in [-0.4, -0.2) is 29.2 Å². The van der Waals surface area contributed by atoms with Crippen molar-refractivity contribution < 1.29 is 23.2 Å². The molecule has 0 bridgehead atoms. The maximum atomic E-state index is 14.0. The number of imide groups is 1. The van der Waals surface area contributed by atoms with Gasteiger partial charge in [-0.05, 0) is 19.1 Å². The summed E-state index contributed by atoms with van der Waals surface area (Å²) in [5, 5.41) is 2.29. The number of hydrogen-bond acceptors (Lipinski definition) is 3. The van der Waals surface area contributed by atoms with E-state index >= 15 is 0 Å². The lowest BCUT2D eigenvalue weighted by atomic mass is 9.89. The first-order valence-corrected chi connectivity index (χ1v) is 7.10. The van der Waals surface area contributed by atoms with Crippen molar-refractivity contribution in [2.45, 2.75) is 33.2 Å². The average Bonchev–Trinajstić information content (AvgIpc) is 2.61. The number of halogens is 2. The SMILES string of the molecule is CC(C)(C)C(=O)CN1C(=O)NC(C)(c2c(F)cccc2F)C1=O. The summed E-state index contributed by atoms with van der Waals surface area (Å²) in [5.41, 5.74) is -3.17. The molecule has 1 atom stereocenters. The first-order valence-electron chi connectivity index (χ1n) is 7.10. The zero-order valence-corrected chi connectivity index (χ0v) is 13.4. The van der Waals surface area contributed by atoms with Gasteiger partial charge in [-0.25, -0.2) is 13.6 Å². The van der Waals surface area contributed by atoms with Crippen LogP contribution >= 0.6 is 0 Å². The number of benzene rings is 1. The minimum atomic E-state index is -1.88. The zero-order valence-electron chi connectivity index (χ0n) is 13.4. The second kappa shape index (κ2) is 5.40. The topological polar surface area (TPSA) is 66.5 Å². The Kier molecular flexibility index (Phi) is 4.00. The molecule has 23 heavy (non-hydrogen) atoms. The lowest BCUT2D eigenvalue weighted by molar-refractivity contribution is -0.136. The fraction of sp³-hybridized carbons (Fsp3) is 0.438. The van der Waals surface area contributed by atoms with Gasteiger partial charge < -0.3 is 5.32 Å². The molecular formula is C16H18F2N2O3. The highest BCUT2D eigenvalue weighted by Crippen LogP contribution is 2.33. The molecule has 1 N–H and O–H groups in total. The van der Waals surface area contributed by atoms with Gasteiger partial charge in [-0.15, -0.1) is 0 Å². The van der Waals surface area contributed by atoms with Crippen molar-refractivity contribution in [1.82, 2.24) is 10.2 Å². The Morgan fingerprint density at radius 2 is 1.74 bits per heavy atom. The van der Waals surface area contributed by atoms with Crippen LogP contribution in [0, 0.1) is 17.0 Å². The molecule has 1 heterocycles. The lowest BCUT2D eigenvalue weighted by Gasteiger charge is -2.24. The fourth-order valence-electron chi connectivity index (χ4n) is 2.37. The molecule has 1 aromatic rings. The van der Waals surface area contributed by atoms with Gasteiger partial charge in [0.25, 0.3) is 5.91 Å². The molecule has 1 unspecified atom stereocenters. The van der Waals surface area contributed by atoms with E-state index in [9.17, 15) is 23.2 Å². The van der Waals surface area contributed by atoms with Gasteiger partial charge in [-0.3, -0.25) is 14.5 Å². The largest absolute Gasteiger partial charge is 0.325 e. The molecule has 1 aliphatic heterocycles. The maximum absolute atomic E-state index is 14.0. The zero-order chi connectivity index (χ0) is 17.6. The minimum absolute atomic E-state index is 0.334. The second-order valence-electron chi connectivity index (χ2n) is 6.72. The quantitative estimate of drug-likeness (QED) is 0.868. The van der Waals surface area contributed by atoms with E-state index in [1.165, 1.54) is 13.0 Å². The number of ketones is 1. The number of urea groups is 1. The van der Waals surface area contributed by atoms with E-state index in [0.29, 0.717) is 4.90 Å². The predicted molar refractivity (Wildman–Crippen MR) is 78.4 cm³/mol. The Balaban J connectivity index is 2.40. The Morgan fingerprint density at radius 1 is 1.22 bits per heavy atom. The van der Waals surface area contributed by atoms with Crippen LogP contribution in [0.4, 0.5) is 13.6 Å². The number of Topliss-reactive ketones (excluding diaryl/α,β-unsaturated/α-hetero) is 1. The fourth-order valence-corrected chi connectivity index (χ4v) is 2.37. The number of amides is 3. The summed E-state index contributed by atoms with van der Waals surface area (Å²) in [7, 11) is 0. The summed E-state index contributed by atoms with van der Waals surface area (Å²) in [6.45, 7) is 5.74. The van der Waals surface area contributed by atoms with Crippen LogP contribution in [0.15, 0.2) is 18.2 Å². The number of hydrogen-bond donors (Lipinski definition) is 1. The molecule has 3 amide bonds. The number of carbonyl (C=O) groups is 3. The molecule has 7 heteroatoms. The van der Waals surface area contributed by atoms with E-state index in [2.05, 4.69) is 5.32 Å². The summed E-state index contributed by atoms with van der Waals surface area (Å²) >= 11 is 0. The van der Waals surface area contributed by atoms with E-state index in [-0.39, 0.29) is 5.78 Å². The number of carbonyl (C=O) groups excluding carboxylic acids is 3. The first kappa shape index (κ1) is 17.1. The molecule has 5 nitrogen and oxygen atoms in total.